The van der Waals surface area contributed by atoms with Gasteiger partial charge in [-0.3, -0.25) is 4.79 Å². The van der Waals surface area contributed by atoms with Crippen molar-refractivity contribution in [1.29, 1.82) is 0 Å². The fourth-order valence-electron chi connectivity index (χ4n) is 5.08. The summed E-state index contributed by atoms with van der Waals surface area (Å²) in [5.41, 5.74) is 0.891. The maximum atomic E-state index is 14.6. The van der Waals surface area contributed by atoms with E-state index in [1.54, 1.807) is 12.1 Å². The lowest BCUT2D eigenvalue weighted by Crippen LogP contribution is -2.42. The number of halogens is 4. The van der Waals surface area contributed by atoms with Crippen molar-refractivity contribution in [2.75, 3.05) is 50.5 Å². The molecule has 1 fully saturated rings. The number of aliphatic hydroxyl groups excluding tert-OH is 1. The van der Waals surface area contributed by atoms with Crippen LogP contribution in [0.15, 0.2) is 30.3 Å². The largest absolute Gasteiger partial charge is 0.489 e. The number of carbonyl (C=O) groups excluding carboxylic acids is 1. The van der Waals surface area contributed by atoms with Crippen molar-refractivity contribution in [2.45, 2.75) is 51.4 Å². The normalized spacial score (nSPS) is 14.4. The third-order valence-corrected chi connectivity index (χ3v) is 8.47. The molecule has 4 N–H and O–H groups in total. The molecule has 2 aromatic carbocycles. The summed E-state index contributed by atoms with van der Waals surface area (Å²) >= 11 is 1.22. The van der Waals surface area contributed by atoms with Gasteiger partial charge in [0.25, 0.3) is 5.91 Å². The zero-order valence-corrected chi connectivity index (χ0v) is 25.1. The summed E-state index contributed by atoms with van der Waals surface area (Å²) in [6.07, 6.45) is -3.63. The second kappa shape index (κ2) is 14.3. The van der Waals surface area contributed by atoms with E-state index in [0.29, 0.717) is 16.3 Å². The molecule has 1 aliphatic heterocycles. The highest BCUT2D eigenvalue weighted by Crippen LogP contribution is 2.39. The molecule has 0 atom stereocenters. The summed E-state index contributed by atoms with van der Waals surface area (Å²) in [6.45, 7) is 5.85. The average Bonchev–Trinajstić information content (AvgIpc) is 3.31. The Balaban J connectivity index is 1.58. The molecular formula is C31H36F4N4O3S. The highest BCUT2D eigenvalue weighted by atomic mass is 32.1. The summed E-state index contributed by atoms with van der Waals surface area (Å²) < 4.78 is 61.7. The van der Waals surface area contributed by atoms with Gasteiger partial charge in [-0.2, -0.15) is 13.2 Å². The van der Waals surface area contributed by atoms with Crippen molar-refractivity contribution in [3.05, 3.63) is 52.2 Å². The van der Waals surface area contributed by atoms with Gasteiger partial charge in [0.05, 0.1) is 46.1 Å². The van der Waals surface area contributed by atoms with E-state index in [4.69, 9.17) is 9.84 Å². The van der Waals surface area contributed by atoms with Gasteiger partial charge in [0.2, 0.25) is 0 Å². The number of nitrogens with zero attached hydrogens (tertiary/aromatic N) is 1. The van der Waals surface area contributed by atoms with Crippen LogP contribution in [0.1, 0.15) is 47.5 Å². The third-order valence-electron chi connectivity index (χ3n) is 7.27. The number of nitrogens with one attached hydrogen (secondary N) is 3. The average molecular weight is 621 g/mol. The van der Waals surface area contributed by atoms with E-state index in [1.165, 1.54) is 24.5 Å². The molecule has 7 nitrogen and oxygen atoms in total. The fourth-order valence-corrected chi connectivity index (χ4v) is 6.25. The molecule has 2 heterocycles. The van der Waals surface area contributed by atoms with E-state index >= 15 is 0 Å². The smallest absolute Gasteiger partial charge is 0.393 e. The molecule has 0 radical (unpaired) electrons. The van der Waals surface area contributed by atoms with Crippen LogP contribution in [-0.2, 0) is 6.42 Å². The summed E-state index contributed by atoms with van der Waals surface area (Å²) in [6, 6.07) is 8.36. The van der Waals surface area contributed by atoms with Gasteiger partial charge in [-0.15, -0.1) is 11.3 Å². The first-order valence-corrected chi connectivity index (χ1v) is 15.0. The predicted molar refractivity (Wildman–Crippen MR) is 163 cm³/mol. The van der Waals surface area contributed by atoms with E-state index in [2.05, 4.69) is 46.5 Å². The number of piperidine rings is 1. The minimum absolute atomic E-state index is 0.0342. The molecule has 0 unspecified atom stereocenters. The summed E-state index contributed by atoms with van der Waals surface area (Å²) in [5.74, 6) is 4.44. The van der Waals surface area contributed by atoms with Crippen LogP contribution in [0.4, 0.5) is 28.9 Å². The monoisotopic (exact) mass is 620 g/mol. The zero-order chi connectivity index (χ0) is 31.1. The van der Waals surface area contributed by atoms with E-state index < -0.39 is 24.3 Å². The Hall–Kier alpha value is -3.53. The van der Waals surface area contributed by atoms with Crippen LogP contribution in [0.25, 0.3) is 10.1 Å². The van der Waals surface area contributed by atoms with Crippen molar-refractivity contribution >= 4 is 38.7 Å². The van der Waals surface area contributed by atoms with Gasteiger partial charge in [0, 0.05) is 38.3 Å². The summed E-state index contributed by atoms with van der Waals surface area (Å²) in [5, 5.41) is 18.5. The Bertz CT molecular complexity index is 1490. The van der Waals surface area contributed by atoms with Crippen LogP contribution in [0, 0.1) is 17.7 Å². The molecule has 12 heteroatoms. The second-order valence-corrected chi connectivity index (χ2v) is 11.6. The van der Waals surface area contributed by atoms with Gasteiger partial charge < -0.3 is 30.7 Å². The van der Waals surface area contributed by atoms with Crippen LogP contribution in [0.5, 0.6) is 5.75 Å². The number of carbonyl (C=O) groups is 1. The van der Waals surface area contributed by atoms with Crippen LogP contribution in [0.3, 0.4) is 0 Å². The van der Waals surface area contributed by atoms with Crippen LogP contribution < -0.4 is 20.7 Å². The van der Waals surface area contributed by atoms with Gasteiger partial charge in [-0.25, -0.2) is 4.39 Å². The number of hydrogen-bond acceptors (Lipinski definition) is 7. The molecule has 0 bridgehead atoms. The Morgan fingerprint density at radius 2 is 1.95 bits per heavy atom. The van der Waals surface area contributed by atoms with Crippen molar-refractivity contribution in [3.63, 3.8) is 0 Å². The van der Waals surface area contributed by atoms with Gasteiger partial charge in [0.15, 0.2) is 0 Å². The molecule has 0 spiro atoms. The lowest BCUT2D eigenvalue weighted by Gasteiger charge is -2.35. The van der Waals surface area contributed by atoms with Gasteiger partial charge in [-0.1, -0.05) is 24.0 Å². The number of ether oxygens (including phenoxy) is 1. The maximum Gasteiger partial charge on any atom is 0.393 e. The van der Waals surface area contributed by atoms with Gasteiger partial charge >= 0.3 is 6.18 Å². The summed E-state index contributed by atoms with van der Waals surface area (Å²) in [7, 11) is 1.37. The van der Waals surface area contributed by atoms with E-state index in [0.717, 1.165) is 42.4 Å². The quantitative estimate of drug-likeness (QED) is 0.174. The van der Waals surface area contributed by atoms with E-state index in [-0.39, 0.29) is 48.4 Å². The minimum atomic E-state index is -4.42. The molecule has 1 aromatic heterocycles. The number of thiophene rings is 1. The molecule has 1 saturated heterocycles. The Kier molecular flexibility index (Phi) is 10.8. The first kappa shape index (κ1) is 32.4. The minimum Gasteiger partial charge on any atom is -0.489 e. The van der Waals surface area contributed by atoms with Gasteiger partial charge in [0.1, 0.15) is 18.2 Å². The number of amides is 1. The number of likely N-dealkylation sites (tertiary alicyclic amines) is 1. The second-order valence-electron chi connectivity index (χ2n) is 10.6. The summed E-state index contributed by atoms with van der Waals surface area (Å²) in [4.78, 5) is 14.7. The lowest BCUT2D eigenvalue weighted by molar-refractivity contribution is -0.126. The van der Waals surface area contributed by atoms with Crippen molar-refractivity contribution in [3.8, 4) is 17.6 Å². The number of benzene rings is 2. The molecule has 3 aromatic rings. The third kappa shape index (κ3) is 8.31. The highest BCUT2D eigenvalue weighted by Gasteiger charge is 2.31. The Morgan fingerprint density at radius 1 is 1.21 bits per heavy atom. The predicted octanol–water partition coefficient (Wildman–Crippen LogP) is 5.62. The number of hydrogen-bond donors (Lipinski definition) is 4. The topological polar surface area (TPSA) is 85.9 Å². The van der Waals surface area contributed by atoms with Crippen molar-refractivity contribution in [2.24, 2.45) is 0 Å². The van der Waals surface area contributed by atoms with Crippen LogP contribution in [0.2, 0.25) is 0 Å². The molecule has 0 saturated carbocycles. The lowest BCUT2D eigenvalue weighted by atomic mass is 10.0. The number of fused-ring (bicyclic) bond motifs is 1. The maximum absolute atomic E-state index is 14.6. The Labute approximate surface area is 252 Å². The molecule has 1 amide bonds. The van der Waals surface area contributed by atoms with E-state index in [1.807, 2.05) is 6.07 Å². The van der Waals surface area contributed by atoms with Crippen molar-refractivity contribution in [1.82, 2.24) is 10.2 Å². The number of rotatable bonds is 10. The molecule has 0 aliphatic carbocycles. The number of alkyl halides is 3. The van der Waals surface area contributed by atoms with Crippen LogP contribution >= 0.6 is 11.3 Å². The number of aliphatic hydroxyl groups is 1. The zero-order valence-electron chi connectivity index (χ0n) is 24.3. The SMILES string of the molecule is CNC(=O)c1cc(OCCO)c(NCC#Cc2sc3c(NC4CCN(C(C)C)CC4)cccc3c2CC(F)(F)F)cc1F. The molecule has 1 aliphatic rings. The standard InChI is InChI=1S/C31H36F4N4O3S/c1-19(2)39-12-9-20(10-13-39)38-25-7-4-6-21-23(18-31(33,34)35)28(43-29(21)25)8-5-11-37-26-17-24(32)22(30(41)36-3)16-27(26)42-15-14-40/h4,6-7,16-17,19-20,37-38,40H,9-15,18H2,1-3H3,(H,36,41). The highest BCUT2D eigenvalue weighted by molar-refractivity contribution is 7.20. The molecular weight excluding hydrogens is 584 g/mol. The Morgan fingerprint density at radius 3 is 2.60 bits per heavy atom. The fraction of sp³-hybridized carbons (Fsp3) is 0.452. The molecule has 4 rings (SSSR count). The number of anilines is 2. The van der Waals surface area contributed by atoms with Gasteiger partial charge in [-0.05, 0) is 49.8 Å². The van der Waals surface area contributed by atoms with Crippen molar-refractivity contribution < 1.29 is 32.2 Å². The first-order valence-electron chi connectivity index (χ1n) is 14.1. The molecule has 232 valence electrons. The molecule has 43 heavy (non-hydrogen) atoms. The first-order chi connectivity index (χ1) is 20.5. The van der Waals surface area contributed by atoms with Crippen LogP contribution in [-0.4, -0.2) is 74.1 Å². The van der Waals surface area contributed by atoms with E-state index in [9.17, 15) is 22.4 Å².